The number of nitrogens with one attached hydrogen (secondary N) is 1. The minimum absolute atomic E-state index is 0.0829. The van der Waals surface area contributed by atoms with E-state index in [4.69, 9.17) is 4.74 Å². The van der Waals surface area contributed by atoms with E-state index in [1.54, 1.807) is 24.1 Å². The molecule has 0 radical (unpaired) electrons. The SMILES string of the molecule is CCN(CC(=O)Nc1ccccc1OC)C(=O)CC1CCCCC1. The highest BCUT2D eigenvalue weighted by Gasteiger charge is 2.22. The zero-order valence-corrected chi connectivity index (χ0v) is 14.7. The highest BCUT2D eigenvalue weighted by Crippen LogP contribution is 2.27. The standard InChI is InChI=1S/C19H28N2O3/c1-3-21(19(23)13-15-9-5-4-6-10-15)14-18(22)20-16-11-7-8-12-17(16)24-2/h7-8,11-12,15H,3-6,9-10,13-14H2,1-2H3,(H,20,22). The minimum Gasteiger partial charge on any atom is -0.495 e. The van der Waals surface area contributed by atoms with Gasteiger partial charge in [0.2, 0.25) is 11.8 Å². The van der Waals surface area contributed by atoms with Gasteiger partial charge in [0, 0.05) is 13.0 Å². The molecule has 0 atom stereocenters. The molecule has 24 heavy (non-hydrogen) atoms. The van der Waals surface area contributed by atoms with Crippen LogP contribution in [-0.4, -0.2) is 36.9 Å². The van der Waals surface area contributed by atoms with Crippen LogP contribution < -0.4 is 10.1 Å². The quantitative estimate of drug-likeness (QED) is 0.832. The zero-order valence-electron chi connectivity index (χ0n) is 14.7. The molecule has 0 unspecified atom stereocenters. The summed E-state index contributed by atoms with van der Waals surface area (Å²) in [6, 6.07) is 7.27. The topological polar surface area (TPSA) is 58.6 Å². The van der Waals surface area contributed by atoms with Gasteiger partial charge < -0.3 is 15.0 Å². The summed E-state index contributed by atoms with van der Waals surface area (Å²) in [4.78, 5) is 26.4. The van der Waals surface area contributed by atoms with Gasteiger partial charge in [0.1, 0.15) is 5.75 Å². The molecule has 0 saturated heterocycles. The highest BCUT2D eigenvalue weighted by molar-refractivity contribution is 5.95. The fourth-order valence-electron chi connectivity index (χ4n) is 3.25. The van der Waals surface area contributed by atoms with Crippen molar-refractivity contribution < 1.29 is 14.3 Å². The Bertz CT molecular complexity index is 553. The Hall–Kier alpha value is -2.04. The van der Waals surface area contributed by atoms with Crippen LogP contribution >= 0.6 is 0 Å². The van der Waals surface area contributed by atoms with Crippen LogP contribution in [0.15, 0.2) is 24.3 Å². The number of likely N-dealkylation sites (N-methyl/N-ethyl adjacent to an activating group) is 1. The summed E-state index contributed by atoms with van der Waals surface area (Å²) < 4.78 is 5.23. The molecule has 0 bridgehead atoms. The third-order valence-electron chi connectivity index (χ3n) is 4.64. The van der Waals surface area contributed by atoms with E-state index in [1.165, 1.54) is 19.3 Å². The van der Waals surface area contributed by atoms with Crippen molar-refractivity contribution >= 4 is 17.5 Å². The molecule has 132 valence electrons. The molecule has 1 N–H and O–H groups in total. The van der Waals surface area contributed by atoms with Gasteiger partial charge in [0.15, 0.2) is 0 Å². The number of rotatable bonds is 7. The minimum atomic E-state index is -0.196. The van der Waals surface area contributed by atoms with E-state index < -0.39 is 0 Å². The molecule has 1 aliphatic rings. The smallest absolute Gasteiger partial charge is 0.244 e. The number of amides is 2. The first kappa shape index (κ1) is 18.3. The number of hydrogen-bond donors (Lipinski definition) is 1. The molecule has 1 fully saturated rings. The fraction of sp³-hybridized carbons (Fsp3) is 0.579. The van der Waals surface area contributed by atoms with E-state index in [9.17, 15) is 9.59 Å². The number of methoxy groups -OCH3 is 1. The van der Waals surface area contributed by atoms with Crippen LogP contribution in [-0.2, 0) is 9.59 Å². The summed E-state index contributed by atoms with van der Waals surface area (Å²) in [5.41, 5.74) is 0.626. The predicted molar refractivity (Wildman–Crippen MR) is 95.1 cm³/mol. The maximum atomic E-state index is 12.5. The molecule has 2 rings (SSSR count). The molecule has 1 aromatic rings. The van der Waals surface area contributed by atoms with E-state index in [0.29, 0.717) is 30.3 Å². The number of hydrogen-bond acceptors (Lipinski definition) is 3. The lowest BCUT2D eigenvalue weighted by Crippen LogP contribution is -2.38. The molecule has 5 heteroatoms. The molecule has 0 aromatic heterocycles. The van der Waals surface area contributed by atoms with E-state index in [2.05, 4.69) is 5.32 Å². The molecule has 1 aromatic carbocycles. The Morgan fingerprint density at radius 3 is 2.58 bits per heavy atom. The van der Waals surface area contributed by atoms with Gasteiger partial charge in [-0.25, -0.2) is 0 Å². The van der Waals surface area contributed by atoms with Gasteiger partial charge in [-0.3, -0.25) is 9.59 Å². The lowest BCUT2D eigenvalue weighted by Gasteiger charge is -2.25. The van der Waals surface area contributed by atoms with Gasteiger partial charge in [0.05, 0.1) is 19.3 Å². The normalized spacial score (nSPS) is 14.9. The Kier molecular flexibility index (Phi) is 7.09. The van der Waals surface area contributed by atoms with Gasteiger partial charge in [-0.15, -0.1) is 0 Å². The second kappa shape index (κ2) is 9.30. The zero-order chi connectivity index (χ0) is 17.4. The number of para-hydroxylation sites is 2. The number of carbonyl (C=O) groups excluding carboxylic acids is 2. The van der Waals surface area contributed by atoms with E-state index >= 15 is 0 Å². The van der Waals surface area contributed by atoms with Crippen LogP contribution in [0.3, 0.4) is 0 Å². The Morgan fingerprint density at radius 1 is 1.21 bits per heavy atom. The molecule has 1 aliphatic carbocycles. The van der Waals surface area contributed by atoms with Crippen molar-refractivity contribution in [2.24, 2.45) is 5.92 Å². The van der Waals surface area contributed by atoms with Crippen molar-refractivity contribution in [1.29, 1.82) is 0 Å². The van der Waals surface area contributed by atoms with Gasteiger partial charge in [-0.05, 0) is 37.8 Å². The maximum Gasteiger partial charge on any atom is 0.244 e. The molecular weight excluding hydrogens is 304 g/mol. The molecular formula is C19H28N2O3. The third-order valence-corrected chi connectivity index (χ3v) is 4.64. The summed E-state index contributed by atoms with van der Waals surface area (Å²) in [5.74, 6) is 0.984. The molecule has 5 nitrogen and oxygen atoms in total. The summed E-state index contributed by atoms with van der Waals surface area (Å²) in [6.07, 6.45) is 6.56. The molecule has 0 aliphatic heterocycles. The lowest BCUT2D eigenvalue weighted by molar-refractivity contribution is -0.135. The van der Waals surface area contributed by atoms with Crippen LogP contribution in [0.1, 0.15) is 45.4 Å². The summed E-state index contributed by atoms with van der Waals surface area (Å²) in [5, 5.41) is 2.83. The third kappa shape index (κ3) is 5.25. The van der Waals surface area contributed by atoms with Gasteiger partial charge in [-0.1, -0.05) is 31.4 Å². The molecule has 1 saturated carbocycles. The Balaban J connectivity index is 1.88. The highest BCUT2D eigenvalue weighted by atomic mass is 16.5. The maximum absolute atomic E-state index is 12.5. The van der Waals surface area contributed by atoms with E-state index in [1.807, 2.05) is 19.1 Å². The van der Waals surface area contributed by atoms with Crippen molar-refractivity contribution in [3.8, 4) is 5.75 Å². The average Bonchev–Trinajstić information content (AvgIpc) is 2.61. The molecule has 0 heterocycles. The van der Waals surface area contributed by atoms with Gasteiger partial charge in [-0.2, -0.15) is 0 Å². The first-order chi connectivity index (χ1) is 11.6. The summed E-state index contributed by atoms with van der Waals surface area (Å²) >= 11 is 0. The summed E-state index contributed by atoms with van der Waals surface area (Å²) in [6.45, 7) is 2.54. The molecule has 0 spiro atoms. The predicted octanol–water partition coefficient (Wildman–Crippen LogP) is 3.45. The van der Waals surface area contributed by atoms with Crippen LogP contribution in [0.4, 0.5) is 5.69 Å². The van der Waals surface area contributed by atoms with Crippen molar-refractivity contribution in [1.82, 2.24) is 4.90 Å². The Morgan fingerprint density at radius 2 is 1.92 bits per heavy atom. The van der Waals surface area contributed by atoms with Crippen LogP contribution in [0.5, 0.6) is 5.75 Å². The van der Waals surface area contributed by atoms with E-state index in [0.717, 1.165) is 12.8 Å². The first-order valence-electron chi connectivity index (χ1n) is 8.84. The van der Waals surface area contributed by atoms with E-state index in [-0.39, 0.29) is 18.4 Å². The van der Waals surface area contributed by atoms with Crippen molar-refractivity contribution in [2.75, 3.05) is 25.5 Å². The number of benzene rings is 1. The largest absolute Gasteiger partial charge is 0.495 e. The average molecular weight is 332 g/mol. The van der Waals surface area contributed by atoms with Crippen LogP contribution in [0.25, 0.3) is 0 Å². The number of carbonyl (C=O) groups is 2. The monoisotopic (exact) mass is 332 g/mol. The van der Waals surface area contributed by atoms with Crippen molar-refractivity contribution in [3.05, 3.63) is 24.3 Å². The second-order valence-corrected chi connectivity index (χ2v) is 6.36. The number of anilines is 1. The van der Waals surface area contributed by atoms with Crippen molar-refractivity contribution in [3.63, 3.8) is 0 Å². The van der Waals surface area contributed by atoms with Gasteiger partial charge >= 0.3 is 0 Å². The molecule has 2 amide bonds. The Labute approximate surface area is 144 Å². The number of ether oxygens (including phenoxy) is 1. The van der Waals surface area contributed by atoms with Crippen LogP contribution in [0.2, 0.25) is 0 Å². The fourth-order valence-corrected chi connectivity index (χ4v) is 3.25. The van der Waals surface area contributed by atoms with Gasteiger partial charge in [0.25, 0.3) is 0 Å². The first-order valence-corrected chi connectivity index (χ1v) is 8.84. The van der Waals surface area contributed by atoms with Crippen LogP contribution in [0, 0.1) is 5.92 Å². The summed E-state index contributed by atoms with van der Waals surface area (Å²) in [7, 11) is 1.57. The van der Waals surface area contributed by atoms with Crippen molar-refractivity contribution in [2.45, 2.75) is 45.4 Å². The second-order valence-electron chi connectivity index (χ2n) is 6.36. The lowest BCUT2D eigenvalue weighted by atomic mass is 9.86. The number of nitrogens with zero attached hydrogens (tertiary/aromatic N) is 1.